The number of nitrogens with zero attached hydrogens (tertiary/aromatic N) is 3. The molecule has 0 unspecified atom stereocenters. The fourth-order valence-corrected chi connectivity index (χ4v) is 3.74. The van der Waals surface area contributed by atoms with Crippen LogP contribution in [0, 0.1) is 0 Å². The van der Waals surface area contributed by atoms with Crippen molar-refractivity contribution < 1.29 is 14.1 Å². The average molecular weight is 305 g/mol. The van der Waals surface area contributed by atoms with E-state index >= 15 is 0 Å². The third-order valence-corrected chi connectivity index (χ3v) is 4.98. The molecule has 1 aromatic rings. The fraction of sp³-hybridized carbons (Fsp3) is 0.625. The predicted molar refractivity (Wildman–Crippen MR) is 81.9 cm³/mol. The summed E-state index contributed by atoms with van der Waals surface area (Å²) >= 11 is 0. The zero-order chi connectivity index (χ0) is 15.6. The van der Waals surface area contributed by atoms with E-state index in [0.717, 1.165) is 39.0 Å². The van der Waals surface area contributed by atoms with E-state index in [4.69, 9.17) is 9.26 Å². The van der Waals surface area contributed by atoms with Gasteiger partial charge in [-0.15, -0.1) is 6.58 Å². The van der Waals surface area contributed by atoms with Crippen LogP contribution in [0.1, 0.15) is 36.2 Å². The average Bonchev–Trinajstić information content (AvgIpc) is 3.16. The van der Waals surface area contributed by atoms with Crippen LogP contribution in [-0.4, -0.2) is 59.7 Å². The maximum absolute atomic E-state index is 12.4. The van der Waals surface area contributed by atoms with E-state index < -0.39 is 0 Å². The Hall–Kier alpha value is -1.82. The molecule has 2 saturated heterocycles. The quantitative estimate of drug-likeness (QED) is 0.796. The van der Waals surface area contributed by atoms with Crippen LogP contribution < -0.4 is 4.74 Å². The zero-order valence-electron chi connectivity index (χ0n) is 13.1. The highest BCUT2D eigenvalue weighted by molar-refractivity contribution is 5.91. The molecule has 120 valence electrons. The largest absolute Gasteiger partial charge is 0.479 e. The second-order valence-corrected chi connectivity index (χ2v) is 6.09. The summed E-state index contributed by atoms with van der Waals surface area (Å²) in [7, 11) is 1.51. The molecule has 0 radical (unpaired) electrons. The Morgan fingerprint density at radius 1 is 1.45 bits per heavy atom. The number of hydrogen-bond acceptors (Lipinski definition) is 5. The maximum Gasteiger partial charge on any atom is 0.292 e. The highest BCUT2D eigenvalue weighted by Gasteiger charge is 2.43. The monoisotopic (exact) mass is 305 g/mol. The Kier molecular flexibility index (Phi) is 4.20. The first-order valence-corrected chi connectivity index (χ1v) is 7.84. The van der Waals surface area contributed by atoms with Gasteiger partial charge in [0, 0.05) is 25.2 Å². The lowest BCUT2D eigenvalue weighted by Crippen LogP contribution is -2.53. The van der Waals surface area contributed by atoms with Crippen molar-refractivity contribution in [1.82, 2.24) is 15.0 Å². The molecule has 3 rings (SSSR count). The number of carbonyl (C=O) groups is 1. The summed E-state index contributed by atoms with van der Waals surface area (Å²) in [5.74, 6) is 0.492. The molecule has 0 saturated carbocycles. The van der Waals surface area contributed by atoms with Gasteiger partial charge in [0.2, 0.25) is 5.76 Å². The van der Waals surface area contributed by atoms with Crippen LogP contribution in [0.15, 0.2) is 23.2 Å². The first-order chi connectivity index (χ1) is 10.7. The minimum Gasteiger partial charge on any atom is -0.479 e. The third-order valence-electron chi connectivity index (χ3n) is 4.98. The number of methoxy groups -OCH3 is 1. The van der Waals surface area contributed by atoms with E-state index in [0.29, 0.717) is 5.88 Å². The Bertz CT molecular complexity index is 547. The lowest BCUT2D eigenvalue weighted by atomic mass is 9.85. The Morgan fingerprint density at radius 3 is 2.86 bits per heavy atom. The fourth-order valence-electron chi connectivity index (χ4n) is 3.74. The zero-order valence-corrected chi connectivity index (χ0v) is 13.1. The number of amides is 1. The van der Waals surface area contributed by atoms with Crippen molar-refractivity contribution in [3.05, 3.63) is 24.5 Å². The van der Waals surface area contributed by atoms with E-state index in [1.807, 2.05) is 11.0 Å². The van der Waals surface area contributed by atoms with Gasteiger partial charge < -0.3 is 14.2 Å². The topological polar surface area (TPSA) is 58.8 Å². The summed E-state index contributed by atoms with van der Waals surface area (Å²) in [5, 5.41) is 3.69. The summed E-state index contributed by atoms with van der Waals surface area (Å²) < 4.78 is 10.0. The van der Waals surface area contributed by atoms with Crippen LogP contribution in [0.25, 0.3) is 0 Å². The Morgan fingerprint density at radius 2 is 2.23 bits per heavy atom. The first-order valence-electron chi connectivity index (χ1n) is 7.84. The minimum absolute atomic E-state index is 0.0982. The predicted octanol–water partition coefficient (Wildman–Crippen LogP) is 1.94. The summed E-state index contributed by atoms with van der Waals surface area (Å²) in [4.78, 5) is 16.8. The lowest BCUT2D eigenvalue weighted by Gasteiger charge is -2.44. The maximum atomic E-state index is 12.4. The van der Waals surface area contributed by atoms with Crippen LogP contribution >= 0.6 is 0 Å². The lowest BCUT2D eigenvalue weighted by molar-refractivity contribution is 0.0422. The van der Waals surface area contributed by atoms with Crippen molar-refractivity contribution in [1.29, 1.82) is 0 Å². The second-order valence-electron chi connectivity index (χ2n) is 6.09. The minimum atomic E-state index is -0.0982. The van der Waals surface area contributed by atoms with E-state index in [-0.39, 0.29) is 17.2 Å². The van der Waals surface area contributed by atoms with E-state index in [1.165, 1.54) is 20.0 Å². The van der Waals surface area contributed by atoms with Crippen molar-refractivity contribution in [3.8, 4) is 5.88 Å². The third kappa shape index (κ3) is 2.63. The van der Waals surface area contributed by atoms with Crippen molar-refractivity contribution in [2.75, 3.05) is 33.3 Å². The number of ether oxygens (including phenoxy) is 1. The van der Waals surface area contributed by atoms with E-state index in [1.54, 1.807) is 6.07 Å². The van der Waals surface area contributed by atoms with Crippen molar-refractivity contribution in [2.24, 2.45) is 0 Å². The van der Waals surface area contributed by atoms with E-state index in [2.05, 4.69) is 16.6 Å². The normalized spacial score (nSPS) is 21.2. The van der Waals surface area contributed by atoms with E-state index in [9.17, 15) is 4.79 Å². The molecular weight excluding hydrogens is 282 g/mol. The molecule has 0 aliphatic carbocycles. The molecule has 6 heteroatoms. The molecule has 1 aromatic heterocycles. The molecule has 0 aromatic carbocycles. The summed E-state index contributed by atoms with van der Waals surface area (Å²) in [6.07, 6.45) is 6.46. The van der Waals surface area contributed by atoms with Gasteiger partial charge in [-0.3, -0.25) is 9.69 Å². The molecule has 0 atom stereocenters. The smallest absolute Gasteiger partial charge is 0.292 e. The van der Waals surface area contributed by atoms with Crippen LogP contribution in [-0.2, 0) is 0 Å². The van der Waals surface area contributed by atoms with Crippen LogP contribution in [0.3, 0.4) is 0 Å². The van der Waals surface area contributed by atoms with Gasteiger partial charge in [0.15, 0.2) is 0 Å². The molecule has 2 fully saturated rings. The van der Waals surface area contributed by atoms with Gasteiger partial charge in [0.25, 0.3) is 11.8 Å². The molecule has 3 heterocycles. The Balaban J connectivity index is 1.63. The number of carbonyl (C=O) groups excluding carboxylic acids is 1. The molecular formula is C16H23N3O3. The molecule has 1 spiro atoms. The summed E-state index contributed by atoms with van der Waals surface area (Å²) in [6, 6.07) is 1.55. The molecule has 22 heavy (non-hydrogen) atoms. The summed E-state index contributed by atoms with van der Waals surface area (Å²) in [6.45, 7) is 7.45. The van der Waals surface area contributed by atoms with Gasteiger partial charge >= 0.3 is 0 Å². The molecule has 6 nitrogen and oxygen atoms in total. The molecule has 2 aliphatic rings. The molecule has 1 amide bonds. The number of likely N-dealkylation sites (tertiary alicyclic amines) is 2. The summed E-state index contributed by atoms with van der Waals surface area (Å²) in [5.41, 5.74) is 0.254. The molecule has 0 bridgehead atoms. The first kappa shape index (κ1) is 15.1. The number of rotatable bonds is 4. The number of hydrogen-bond donors (Lipinski definition) is 0. The SMILES string of the molecule is C=CCN1CCCC12CCN(C(=O)c1cc(OC)no1)CC2. The second kappa shape index (κ2) is 6.12. The van der Waals surface area contributed by atoms with Crippen molar-refractivity contribution in [3.63, 3.8) is 0 Å². The Labute approximate surface area is 130 Å². The molecule has 0 N–H and O–H groups in total. The number of aromatic nitrogens is 1. The number of piperidine rings is 1. The van der Waals surface area contributed by atoms with Gasteiger partial charge in [-0.05, 0) is 37.4 Å². The van der Waals surface area contributed by atoms with Gasteiger partial charge in [-0.1, -0.05) is 6.08 Å². The van der Waals surface area contributed by atoms with Crippen molar-refractivity contribution >= 4 is 5.91 Å². The van der Waals surface area contributed by atoms with Crippen LogP contribution in [0.2, 0.25) is 0 Å². The van der Waals surface area contributed by atoms with Gasteiger partial charge in [0.1, 0.15) is 0 Å². The van der Waals surface area contributed by atoms with Gasteiger partial charge in [0.05, 0.1) is 13.2 Å². The van der Waals surface area contributed by atoms with Crippen LogP contribution in [0.5, 0.6) is 5.88 Å². The van der Waals surface area contributed by atoms with Gasteiger partial charge in [-0.25, -0.2) is 0 Å². The standard InChI is InChI=1S/C16H23N3O3/c1-3-8-19-9-4-5-16(19)6-10-18(11-7-16)15(20)13-12-14(21-2)17-22-13/h3,12H,1,4-11H2,2H3. The van der Waals surface area contributed by atoms with Crippen molar-refractivity contribution in [2.45, 2.75) is 31.2 Å². The molecule has 2 aliphatic heterocycles. The highest BCUT2D eigenvalue weighted by Crippen LogP contribution is 2.38. The highest BCUT2D eigenvalue weighted by atomic mass is 16.5. The van der Waals surface area contributed by atoms with Gasteiger partial charge in [-0.2, -0.15) is 0 Å². The van der Waals surface area contributed by atoms with Crippen LogP contribution in [0.4, 0.5) is 0 Å².